The monoisotopic (exact) mass is 346 g/mol. The minimum Gasteiger partial charge on any atom is -0.338 e. The Bertz CT molecular complexity index is 440. The lowest BCUT2D eigenvalue weighted by molar-refractivity contribution is 0.241. The number of carbonyl (C=O) groups is 1. The smallest absolute Gasteiger partial charge is 0.314 e. The molecule has 0 radical (unpaired) electrons. The topological polar surface area (TPSA) is 58.2 Å². The van der Waals surface area contributed by atoms with Crippen LogP contribution in [0.3, 0.4) is 0 Å². The van der Waals surface area contributed by atoms with Crippen LogP contribution in [0.4, 0.5) is 4.79 Å². The van der Waals surface area contributed by atoms with Gasteiger partial charge in [-0.25, -0.2) is 4.79 Å². The molecular formula is C13H19BrN2O2S. The van der Waals surface area contributed by atoms with Crippen molar-refractivity contribution in [2.24, 2.45) is 0 Å². The Morgan fingerprint density at radius 1 is 1.32 bits per heavy atom. The molecular weight excluding hydrogens is 328 g/mol. The quantitative estimate of drug-likeness (QED) is 0.742. The van der Waals surface area contributed by atoms with Crippen molar-refractivity contribution < 1.29 is 9.00 Å². The van der Waals surface area contributed by atoms with Crippen LogP contribution in [0.25, 0.3) is 0 Å². The van der Waals surface area contributed by atoms with Gasteiger partial charge in [-0.15, -0.1) is 0 Å². The number of carbonyl (C=O) groups excluding carboxylic acids is 1. The second kappa shape index (κ2) is 9.09. The van der Waals surface area contributed by atoms with Crippen LogP contribution in [0, 0.1) is 0 Å². The number of hydrogen-bond acceptors (Lipinski definition) is 2. The Balaban J connectivity index is 2.10. The molecule has 6 heteroatoms. The van der Waals surface area contributed by atoms with Gasteiger partial charge in [0.2, 0.25) is 0 Å². The van der Waals surface area contributed by atoms with E-state index in [9.17, 15) is 9.00 Å². The van der Waals surface area contributed by atoms with Crippen LogP contribution >= 0.6 is 15.9 Å². The van der Waals surface area contributed by atoms with Gasteiger partial charge in [0, 0.05) is 40.4 Å². The van der Waals surface area contributed by atoms with E-state index < -0.39 is 10.8 Å². The second-order valence-electron chi connectivity index (χ2n) is 4.19. The Morgan fingerprint density at radius 2 is 2.05 bits per heavy atom. The molecule has 0 fully saturated rings. The van der Waals surface area contributed by atoms with E-state index in [-0.39, 0.29) is 6.03 Å². The first-order chi connectivity index (χ1) is 9.08. The number of aryl methyl sites for hydroxylation is 1. The van der Waals surface area contributed by atoms with Crippen molar-refractivity contribution in [1.82, 2.24) is 10.6 Å². The molecule has 1 rings (SSSR count). The molecule has 2 amide bonds. The third-order valence-corrected chi connectivity index (χ3v) is 3.76. The molecule has 0 unspecified atom stereocenters. The highest BCUT2D eigenvalue weighted by Crippen LogP contribution is 2.12. The summed E-state index contributed by atoms with van der Waals surface area (Å²) < 4.78 is 11.9. The van der Waals surface area contributed by atoms with E-state index >= 15 is 0 Å². The molecule has 1 atom stereocenters. The van der Waals surface area contributed by atoms with Gasteiger partial charge in [0.15, 0.2) is 0 Å². The lowest BCUT2D eigenvalue weighted by atomic mass is 10.1. The molecule has 4 nitrogen and oxygen atoms in total. The highest BCUT2D eigenvalue weighted by molar-refractivity contribution is 9.10. The third kappa shape index (κ3) is 8.00. The van der Waals surface area contributed by atoms with Crippen LogP contribution in [0.5, 0.6) is 0 Å². The van der Waals surface area contributed by atoms with E-state index in [1.54, 1.807) is 6.26 Å². The maximum atomic E-state index is 11.4. The molecule has 0 bridgehead atoms. The first kappa shape index (κ1) is 16.2. The van der Waals surface area contributed by atoms with Crippen molar-refractivity contribution in [2.45, 2.75) is 12.8 Å². The van der Waals surface area contributed by atoms with Crippen molar-refractivity contribution in [1.29, 1.82) is 0 Å². The molecule has 0 saturated heterocycles. The zero-order valence-corrected chi connectivity index (χ0v) is 13.4. The van der Waals surface area contributed by atoms with Crippen molar-refractivity contribution >= 4 is 32.8 Å². The van der Waals surface area contributed by atoms with Crippen molar-refractivity contribution in [3.05, 3.63) is 34.3 Å². The van der Waals surface area contributed by atoms with Gasteiger partial charge in [-0.3, -0.25) is 4.21 Å². The fourth-order valence-corrected chi connectivity index (χ4v) is 2.39. The van der Waals surface area contributed by atoms with E-state index in [4.69, 9.17) is 0 Å². The largest absolute Gasteiger partial charge is 0.338 e. The highest BCUT2D eigenvalue weighted by Gasteiger charge is 2.00. The van der Waals surface area contributed by atoms with Gasteiger partial charge in [0.05, 0.1) is 0 Å². The fraction of sp³-hybridized carbons (Fsp3) is 0.462. The van der Waals surface area contributed by atoms with Gasteiger partial charge < -0.3 is 10.6 Å². The molecule has 0 aliphatic rings. The fourth-order valence-electron chi connectivity index (χ4n) is 1.56. The van der Waals surface area contributed by atoms with Crippen LogP contribution < -0.4 is 10.6 Å². The number of nitrogens with one attached hydrogen (secondary N) is 2. The third-order valence-electron chi connectivity index (χ3n) is 2.49. The molecule has 1 aromatic carbocycles. The molecule has 1 aromatic rings. The zero-order chi connectivity index (χ0) is 14.1. The average Bonchev–Trinajstić information content (AvgIpc) is 2.34. The molecule has 0 aromatic heterocycles. The number of rotatable bonds is 7. The summed E-state index contributed by atoms with van der Waals surface area (Å²) in [5, 5.41) is 5.45. The second-order valence-corrected chi connectivity index (χ2v) is 6.66. The van der Waals surface area contributed by atoms with Gasteiger partial charge >= 0.3 is 6.03 Å². The number of urea groups is 1. The standard InChI is InChI=1S/C13H19BrN2O2S/c1-19(18)9-8-16-13(17)15-7-3-5-11-4-2-6-12(14)10-11/h2,4,6,10H,3,5,7-9H2,1H3,(H2,15,16,17)/t19-/m1/s1. The summed E-state index contributed by atoms with van der Waals surface area (Å²) in [7, 11) is -0.863. The number of amides is 2. The van der Waals surface area contributed by atoms with Gasteiger partial charge in [-0.05, 0) is 30.5 Å². The average molecular weight is 347 g/mol. The van der Waals surface area contributed by atoms with E-state index in [2.05, 4.69) is 38.7 Å². The summed E-state index contributed by atoms with van der Waals surface area (Å²) in [6.45, 7) is 1.08. The van der Waals surface area contributed by atoms with Crippen LogP contribution in [-0.2, 0) is 17.2 Å². The summed E-state index contributed by atoms with van der Waals surface area (Å²) in [6, 6.07) is 7.95. The van der Waals surface area contributed by atoms with Crippen LogP contribution in [-0.4, -0.2) is 35.3 Å². The molecule has 0 aliphatic carbocycles. The van der Waals surface area contributed by atoms with Gasteiger partial charge in [-0.2, -0.15) is 0 Å². The lowest BCUT2D eigenvalue weighted by Crippen LogP contribution is -2.38. The van der Waals surface area contributed by atoms with E-state index in [1.165, 1.54) is 5.56 Å². The van der Waals surface area contributed by atoms with Crippen LogP contribution in [0.15, 0.2) is 28.7 Å². The van der Waals surface area contributed by atoms with Crippen LogP contribution in [0.2, 0.25) is 0 Å². The molecule has 19 heavy (non-hydrogen) atoms. The lowest BCUT2D eigenvalue weighted by Gasteiger charge is -2.07. The van der Waals surface area contributed by atoms with E-state index in [1.807, 2.05) is 12.1 Å². The molecule has 2 N–H and O–H groups in total. The van der Waals surface area contributed by atoms with E-state index in [0.717, 1.165) is 17.3 Å². The number of benzene rings is 1. The molecule has 0 spiro atoms. The maximum Gasteiger partial charge on any atom is 0.314 e. The predicted molar refractivity (Wildman–Crippen MR) is 82.8 cm³/mol. The van der Waals surface area contributed by atoms with Crippen molar-refractivity contribution in [3.8, 4) is 0 Å². The Labute approximate surface area is 124 Å². The zero-order valence-electron chi connectivity index (χ0n) is 10.9. The summed E-state index contributed by atoms with van der Waals surface area (Å²) >= 11 is 3.43. The normalized spacial score (nSPS) is 11.9. The summed E-state index contributed by atoms with van der Waals surface area (Å²) in [6.07, 6.45) is 3.44. The summed E-state index contributed by atoms with van der Waals surface area (Å²) in [5.74, 6) is 0.492. The predicted octanol–water partition coefficient (Wildman–Crippen LogP) is 2.06. The summed E-state index contributed by atoms with van der Waals surface area (Å²) in [5.41, 5.74) is 1.25. The van der Waals surface area contributed by atoms with Crippen molar-refractivity contribution in [3.63, 3.8) is 0 Å². The van der Waals surface area contributed by atoms with Crippen LogP contribution in [0.1, 0.15) is 12.0 Å². The summed E-state index contributed by atoms with van der Waals surface area (Å²) in [4.78, 5) is 11.4. The highest BCUT2D eigenvalue weighted by atomic mass is 79.9. The minimum atomic E-state index is -0.863. The minimum absolute atomic E-state index is 0.195. The first-order valence-electron chi connectivity index (χ1n) is 6.14. The Morgan fingerprint density at radius 3 is 2.74 bits per heavy atom. The van der Waals surface area contributed by atoms with Gasteiger partial charge in [-0.1, -0.05) is 28.1 Å². The Hall–Kier alpha value is -0.880. The van der Waals surface area contributed by atoms with Crippen molar-refractivity contribution in [2.75, 3.05) is 25.1 Å². The maximum absolute atomic E-state index is 11.4. The first-order valence-corrected chi connectivity index (χ1v) is 8.66. The molecule has 0 saturated carbocycles. The molecule has 106 valence electrons. The number of halogens is 1. The molecule has 0 heterocycles. The van der Waals surface area contributed by atoms with Gasteiger partial charge in [0.1, 0.15) is 0 Å². The number of hydrogen-bond donors (Lipinski definition) is 2. The Kier molecular flexibility index (Phi) is 7.74. The molecule has 0 aliphatic heterocycles. The van der Waals surface area contributed by atoms with Gasteiger partial charge in [0.25, 0.3) is 0 Å². The van der Waals surface area contributed by atoms with E-state index in [0.29, 0.717) is 18.8 Å². The SMILES string of the molecule is C[S@@](=O)CCNC(=O)NCCCc1cccc(Br)c1.